The van der Waals surface area contributed by atoms with Crippen molar-refractivity contribution in [2.24, 2.45) is 5.92 Å². The molecule has 0 aromatic heterocycles. The summed E-state index contributed by atoms with van der Waals surface area (Å²) in [6, 6.07) is 0.804. The molecule has 3 atom stereocenters. The largest absolute Gasteiger partial charge is 0.304 e. The lowest BCUT2D eigenvalue weighted by Gasteiger charge is -2.23. The highest BCUT2D eigenvalue weighted by molar-refractivity contribution is 7.99. The number of fused-ring (bicyclic) bond motifs is 1. The minimum absolute atomic E-state index is 0.165. The van der Waals surface area contributed by atoms with Gasteiger partial charge in [-0.1, -0.05) is 0 Å². The number of carbonyl (C=O) groups excluding carboxylic acids is 1. The first-order chi connectivity index (χ1) is 5.77. The quantitative estimate of drug-likeness (QED) is 0.662. The third kappa shape index (κ3) is 1.52. The molecule has 2 aliphatic heterocycles. The standard InChI is InChI=1S/C9H15NOS/c1-6(11)9-4-7-5-12-3-2-8(7)10-9/h7-10H,2-5H2,1H3. The Bertz CT molecular complexity index is 181. The van der Waals surface area contributed by atoms with E-state index in [9.17, 15) is 4.79 Å². The van der Waals surface area contributed by atoms with Crippen molar-refractivity contribution in [3.8, 4) is 0 Å². The number of Topliss-reactive ketones (excluding diaryl/α,β-unsaturated/α-hetero) is 1. The smallest absolute Gasteiger partial charge is 0.146 e. The lowest BCUT2D eigenvalue weighted by Crippen LogP contribution is -2.37. The summed E-state index contributed by atoms with van der Waals surface area (Å²) in [5, 5.41) is 3.43. The van der Waals surface area contributed by atoms with Gasteiger partial charge in [-0.3, -0.25) is 4.79 Å². The minimum Gasteiger partial charge on any atom is -0.304 e. The second-order valence-corrected chi connectivity index (χ2v) is 4.95. The number of rotatable bonds is 1. The highest BCUT2D eigenvalue weighted by atomic mass is 32.2. The number of hydrogen-bond donors (Lipinski definition) is 1. The van der Waals surface area contributed by atoms with E-state index < -0.39 is 0 Å². The van der Waals surface area contributed by atoms with E-state index in [1.807, 2.05) is 11.8 Å². The van der Waals surface area contributed by atoms with Gasteiger partial charge in [-0.15, -0.1) is 0 Å². The van der Waals surface area contributed by atoms with E-state index in [-0.39, 0.29) is 6.04 Å². The van der Waals surface area contributed by atoms with Gasteiger partial charge in [0.1, 0.15) is 5.78 Å². The summed E-state index contributed by atoms with van der Waals surface area (Å²) in [6.07, 6.45) is 2.33. The topological polar surface area (TPSA) is 29.1 Å². The van der Waals surface area contributed by atoms with Crippen LogP contribution in [0.15, 0.2) is 0 Å². The van der Waals surface area contributed by atoms with Crippen LogP contribution in [0.2, 0.25) is 0 Å². The molecular weight excluding hydrogens is 170 g/mol. The Morgan fingerprint density at radius 2 is 2.42 bits per heavy atom. The van der Waals surface area contributed by atoms with E-state index in [1.165, 1.54) is 17.9 Å². The van der Waals surface area contributed by atoms with Gasteiger partial charge in [-0.2, -0.15) is 11.8 Å². The van der Waals surface area contributed by atoms with Crippen LogP contribution < -0.4 is 5.32 Å². The molecule has 2 rings (SSSR count). The Morgan fingerprint density at radius 3 is 3.08 bits per heavy atom. The first-order valence-electron chi connectivity index (χ1n) is 4.61. The van der Waals surface area contributed by atoms with Crippen LogP contribution in [0.5, 0.6) is 0 Å². The molecule has 0 aliphatic carbocycles. The fraction of sp³-hybridized carbons (Fsp3) is 0.889. The van der Waals surface area contributed by atoms with Crippen molar-refractivity contribution in [2.45, 2.75) is 31.8 Å². The van der Waals surface area contributed by atoms with Crippen molar-refractivity contribution < 1.29 is 4.79 Å². The van der Waals surface area contributed by atoms with E-state index in [4.69, 9.17) is 0 Å². The molecule has 3 unspecified atom stereocenters. The van der Waals surface area contributed by atoms with Gasteiger partial charge in [-0.25, -0.2) is 0 Å². The monoisotopic (exact) mass is 185 g/mol. The lowest BCUT2D eigenvalue weighted by atomic mass is 9.98. The zero-order chi connectivity index (χ0) is 8.55. The maximum Gasteiger partial charge on any atom is 0.146 e. The Hall–Kier alpha value is -0.0200. The lowest BCUT2D eigenvalue weighted by molar-refractivity contribution is -0.118. The highest BCUT2D eigenvalue weighted by Gasteiger charge is 2.36. The summed E-state index contributed by atoms with van der Waals surface area (Å²) >= 11 is 2.03. The van der Waals surface area contributed by atoms with Gasteiger partial charge in [0.25, 0.3) is 0 Å². The second-order valence-electron chi connectivity index (χ2n) is 3.80. The van der Waals surface area contributed by atoms with Crippen LogP contribution in [0.1, 0.15) is 19.8 Å². The van der Waals surface area contributed by atoms with Gasteiger partial charge in [0.05, 0.1) is 6.04 Å². The number of thioether (sulfide) groups is 1. The van der Waals surface area contributed by atoms with Crippen molar-refractivity contribution in [2.75, 3.05) is 11.5 Å². The molecule has 2 aliphatic rings. The minimum atomic E-state index is 0.165. The molecule has 0 spiro atoms. The molecule has 3 heteroatoms. The molecule has 0 saturated carbocycles. The van der Waals surface area contributed by atoms with Gasteiger partial charge in [-0.05, 0) is 37.2 Å². The van der Waals surface area contributed by atoms with Crippen LogP contribution in [0, 0.1) is 5.92 Å². The maximum absolute atomic E-state index is 11.1. The van der Waals surface area contributed by atoms with Crippen LogP contribution >= 0.6 is 11.8 Å². The van der Waals surface area contributed by atoms with Crippen molar-refractivity contribution >= 4 is 17.5 Å². The van der Waals surface area contributed by atoms with Crippen LogP contribution in [0.4, 0.5) is 0 Å². The van der Waals surface area contributed by atoms with E-state index in [1.54, 1.807) is 6.92 Å². The Labute approximate surface area is 77.5 Å². The van der Waals surface area contributed by atoms with Crippen molar-refractivity contribution in [1.29, 1.82) is 0 Å². The number of ketones is 1. The summed E-state index contributed by atoms with van der Waals surface area (Å²) in [6.45, 7) is 1.70. The predicted octanol–water partition coefficient (Wildman–Crippen LogP) is 1.06. The van der Waals surface area contributed by atoms with Gasteiger partial charge in [0, 0.05) is 6.04 Å². The fourth-order valence-electron chi connectivity index (χ4n) is 2.16. The molecule has 0 aromatic rings. The summed E-state index contributed by atoms with van der Waals surface area (Å²) < 4.78 is 0. The second kappa shape index (κ2) is 3.38. The van der Waals surface area contributed by atoms with Crippen LogP contribution in [0.3, 0.4) is 0 Å². The number of carbonyl (C=O) groups is 1. The van der Waals surface area contributed by atoms with E-state index in [2.05, 4.69) is 5.32 Å². The molecule has 2 fully saturated rings. The van der Waals surface area contributed by atoms with Crippen molar-refractivity contribution in [1.82, 2.24) is 5.32 Å². The summed E-state index contributed by atoms with van der Waals surface area (Å²) in [7, 11) is 0. The van der Waals surface area contributed by atoms with Crippen LogP contribution in [-0.4, -0.2) is 29.4 Å². The Morgan fingerprint density at radius 1 is 1.58 bits per heavy atom. The molecular formula is C9H15NOS. The third-order valence-electron chi connectivity index (χ3n) is 2.92. The normalized spacial score (nSPS) is 40.9. The first kappa shape index (κ1) is 8.57. The Balaban J connectivity index is 1.98. The van der Waals surface area contributed by atoms with Gasteiger partial charge in [0.15, 0.2) is 0 Å². The van der Waals surface area contributed by atoms with E-state index in [0.29, 0.717) is 11.8 Å². The molecule has 2 saturated heterocycles. The maximum atomic E-state index is 11.1. The molecule has 12 heavy (non-hydrogen) atoms. The first-order valence-corrected chi connectivity index (χ1v) is 5.77. The zero-order valence-corrected chi connectivity index (χ0v) is 8.19. The fourth-order valence-corrected chi connectivity index (χ4v) is 3.42. The molecule has 2 nitrogen and oxygen atoms in total. The number of hydrogen-bond acceptors (Lipinski definition) is 3. The molecule has 1 N–H and O–H groups in total. The Kier molecular flexibility index (Phi) is 2.42. The van der Waals surface area contributed by atoms with Crippen LogP contribution in [0.25, 0.3) is 0 Å². The predicted molar refractivity (Wildman–Crippen MR) is 51.4 cm³/mol. The SMILES string of the molecule is CC(=O)C1CC2CSCCC2N1. The molecule has 0 bridgehead atoms. The summed E-state index contributed by atoms with van der Waals surface area (Å²) in [5.41, 5.74) is 0. The molecule has 0 amide bonds. The van der Waals surface area contributed by atoms with Gasteiger partial charge in [0.2, 0.25) is 0 Å². The van der Waals surface area contributed by atoms with Gasteiger partial charge >= 0.3 is 0 Å². The average molecular weight is 185 g/mol. The van der Waals surface area contributed by atoms with Crippen molar-refractivity contribution in [3.05, 3.63) is 0 Å². The average Bonchev–Trinajstić information content (AvgIpc) is 2.46. The summed E-state index contributed by atoms with van der Waals surface area (Å²) in [4.78, 5) is 11.1. The summed E-state index contributed by atoms with van der Waals surface area (Å²) in [5.74, 6) is 3.59. The van der Waals surface area contributed by atoms with E-state index in [0.717, 1.165) is 12.3 Å². The molecule has 68 valence electrons. The molecule has 0 aromatic carbocycles. The number of nitrogens with one attached hydrogen (secondary N) is 1. The molecule has 2 heterocycles. The van der Waals surface area contributed by atoms with Crippen LogP contribution in [-0.2, 0) is 4.79 Å². The van der Waals surface area contributed by atoms with E-state index >= 15 is 0 Å². The highest BCUT2D eigenvalue weighted by Crippen LogP contribution is 2.31. The molecule has 0 radical (unpaired) electrons. The van der Waals surface area contributed by atoms with Gasteiger partial charge < -0.3 is 5.32 Å². The third-order valence-corrected chi connectivity index (χ3v) is 4.11. The van der Waals surface area contributed by atoms with Crippen molar-refractivity contribution in [3.63, 3.8) is 0 Å². The zero-order valence-electron chi connectivity index (χ0n) is 7.38.